The molecule has 1 N–H and O–H groups in total. The smallest absolute Gasteiger partial charge is 0.350 e. The lowest BCUT2D eigenvalue weighted by atomic mass is 9.95. The number of aliphatic hydroxyl groups is 1. The number of ketones is 1. The first-order chi connectivity index (χ1) is 15.8. The van der Waals surface area contributed by atoms with Crippen molar-refractivity contribution in [3.05, 3.63) is 87.7 Å². The van der Waals surface area contributed by atoms with Crippen molar-refractivity contribution in [2.24, 2.45) is 0 Å². The van der Waals surface area contributed by atoms with Crippen LogP contribution >= 0.6 is 11.3 Å². The van der Waals surface area contributed by atoms with Crippen LogP contribution in [0.2, 0.25) is 0 Å². The van der Waals surface area contributed by atoms with Crippen LogP contribution in [0.25, 0.3) is 5.76 Å². The molecule has 0 radical (unpaired) electrons. The number of aryl methyl sites for hydroxylation is 1. The number of aliphatic hydroxyl groups excluding tert-OH is 1. The largest absolute Gasteiger partial charge is 0.507 e. The minimum absolute atomic E-state index is 0.0964. The topological polar surface area (TPSA) is 96.8 Å². The van der Waals surface area contributed by atoms with Gasteiger partial charge in [-0.15, -0.1) is 0 Å². The van der Waals surface area contributed by atoms with Gasteiger partial charge < -0.3 is 9.84 Å². The molecule has 0 unspecified atom stereocenters. The molecule has 1 amide bonds. The van der Waals surface area contributed by atoms with Crippen molar-refractivity contribution in [2.75, 3.05) is 11.5 Å². The first-order valence-electron chi connectivity index (χ1n) is 10.1. The molecule has 2 aromatic carbocycles. The monoisotopic (exact) mass is 466 g/mol. The summed E-state index contributed by atoms with van der Waals surface area (Å²) < 4.78 is 18.7. The summed E-state index contributed by atoms with van der Waals surface area (Å²) >= 11 is 0.911. The third-order valence-electron chi connectivity index (χ3n) is 5.13. The molecule has 2 heterocycles. The fraction of sp³-hybridized carbons (Fsp3) is 0.167. The van der Waals surface area contributed by atoms with Crippen molar-refractivity contribution in [3.63, 3.8) is 0 Å². The molecule has 168 valence electrons. The van der Waals surface area contributed by atoms with E-state index in [0.29, 0.717) is 16.8 Å². The molecular weight excluding hydrogens is 447 g/mol. The van der Waals surface area contributed by atoms with E-state index in [1.807, 2.05) is 0 Å². The van der Waals surface area contributed by atoms with E-state index in [2.05, 4.69) is 4.98 Å². The maximum atomic E-state index is 13.6. The lowest BCUT2D eigenvalue weighted by Crippen LogP contribution is -2.29. The van der Waals surface area contributed by atoms with Gasteiger partial charge in [-0.1, -0.05) is 53.8 Å². The van der Waals surface area contributed by atoms with Crippen LogP contribution in [0.15, 0.2) is 60.2 Å². The van der Waals surface area contributed by atoms with Crippen LogP contribution in [0.4, 0.5) is 9.52 Å². The Morgan fingerprint density at radius 2 is 1.82 bits per heavy atom. The molecule has 1 fully saturated rings. The summed E-state index contributed by atoms with van der Waals surface area (Å²) in [5, 5.41) is 11.1. The van der Waals surface area contributed by atoms with Gasteiger partial charge >= 0.3 is 11.9 Å². The quantitative estimate of drug-likeness (QED) is 0.259. The van der Waals surface area contributed by atoms with Crippen LogP contribution in [0, 0.1) is 12.7 Å². The molecule has 1 saturated heterocycles. The summed E-state index contributed by atoms with van der Waals surface area (Å²) in [5.74, 6) is -3.25. The number of carbonyl (C=O) groups excluding carboxylic acids is 3. The number of Topliss-reactive ketones (excluding diaryl/α,β-unsaturated/α-hetero) is 1. The van der Waals surface area contributed by atoms with Crippen LogP contribution in [0.1, 0.15) is 39.5 Å². The standard InChI is InChI=1S/C24H19FN2O5S/c1-3-32-23(31)21-13(2)26-24(33-21)27-18(14-9-11-16(25)12-10-14)17(20(29)22(27)30)19(28)15-7-5-4-6-8-15/h4-12,18,28H,3H2,1-2H3/b19-17+/t18-/m1/s1. The number of halogens is 1. The van der Waals surface area contributed by atoms with Gasteiger partial charge in [0, 0.05) is 5.56 Å². The average molecular weight is 466 g/mol. The van der Waals surface area contributed by atoms with Gasteiger partial charge in [-0.2, -0.15) is 0 Å². The molecule has 0 saturated carbocycles. The summed E-state index contributed by atoms with van der Waals surface area (Å²) in [6.45, 7) is 3.44. The average Bonchev–Trinajstić information content (AvgIpc) is 3.32. The predicted molar refractivity (Wildman–Crippen MR) is 120 cm³/mol. The van der Waals surface area contributed by atoms with E-state index in [0.717, 1.165) is 16.2 Å². The Labute approximate surface area is 192 Å². The molecule has 1 atom stereocenters. The van der Waals surface area contributed by atoms with Crippen molar-refractivity contribution >= 4 is 39.9 Å². The van der Waals surface area contributed by atoms with Gasteiger partial charge in [-0.3, -0.25) is 14.5 Å². The van der Waals surface area contributed by atoms with Gasteiger partial charge in [-0.05, 0) is 31.5 Å². The minimum Gasteiger partial charge on any atom is -0.507 e. The number of hydrogen-bond donors (Lipinski definition) is 1. The molecule has 0 spiro atoms. The number of aromatic nitrogens is 1. The normalized spacial score (nSPS) is 17.4. The molecule has 1 aromatic heterocycles. The van der Waals surface area contributed by atoms with E-state index >= 15 is 0 Å². The summed E-state index contributed by atoms with van der Waals surface area (Å²) in [5.41, 5.74) is 0.948. The number of carbonyl (C=O) groups is 3. The predicted octanol–water partition coefficient (Wildman–Crippen LogP) is 4.39. The highest BCUT2D eigenvalue weighted by Gasteiger charge is 2.48. The van der Waals surface area contributed by atoms with E-state index in [4.69, 9.17) is 4.74 Å². The molecular formula is C24H19FN2O5S. The Morgan fingerprint density at radius 3 is 2.45 bits per heavy atom. The number of anilines is 1. The van der Waals surface area contributed by atoms with E-state index in [9.17, 15) is 23.9 Å². The van der Waals surface area contributed by atoms with Gasteiger partial charge in [-0.25, -0.2) is 14.2 Å². The highest BCUT2D eigenvalue weighted by Crippen LogP contribution is 2.43. The van der Waals surface area contributed by atoms with E-state index in [1.165, 1.54) is 24.3 Å². The second-order valence-corrected chi connectivity index (χ2v) is 8.20. The highest BCUT2D eigenvalue weighted by atomic mass is 32.1. The summed E-state index contributed by atoms with van der Waals surface area (Å²) in [6, 6.07) is 12.6. The molecule has 33 heavy (non-hydrogen) atoms. The number of hydrogen-bond acceptors (Lipinski definition) is 7. The summed E-state index contributed by atoms with van der Waals surface area (Å²) in [4.78, 5) is 44.1. The fourth-order valence-corrected chi connectivity index (χ4v) is 4.60. The number of ether oxygens (including phenoxy) is 1. The lowest BCUT2D eigenvalue weighted by Gasteiger charge is -2.23. The van der Waals surface area contributed by atoms with Gasteiger partial charge in [0.05, 0.1) is 23.9 Å². The first kappa shape index (κ1) is 22.3. The third kappa shape index (κ3) is 4.03. The number of esters is 1. The van der Waals surface area contributed by atoms with Crippen LogP contribution in [0.5, 0.6) is 0 Å². The van der Waals surface area contributed by atoms with Crippen molar-refractivity contribution in [2.45, 2.75) is 19.9 Å². The SMILES string of the molecule is CCOC(=O)c1sc(N2C(=O)C(=O)/C(=C(/O)c3ccccc3)[C@H]2c2ccc(F)cc2)nc1C. The zero-order chi connectivity index (χ0) is 23.7. The number of thiazole rings is 1. The van der Waals surface area contributed by atoms with Crippen molar-refractivity contribution < 1.29 is 28.6 Å². The number of rotatable bonds is 5. The molecule has 1 aliphatic rings. The molecule has 0 bridgehead atoms. The Kier molecular flexibility index (Phi) is 6.06. The molecule has 9 heteroatoms. The zero-order valence-corrected chi connectivity index (χ0v) is 18.6. The second-order valence-electron chi connectivity index (χ2n) is 7.22. The molecule has 4 rings (SSSR count). The summed E-state index contributed by atoms with van der Waals surface area (Å²) in [7, 11) is 0. The van der Waals surface area contributed by atoms with E-state index < -0.39 is 29.5 Å². The van der Waals surface area contributed by atoms with Crippen molar-refractivity contribution in [1.82, 2.24) is 4.98 Å². The van der Waals surface area contributed by atoms with Gasteiger partial charge in [0.15, 0.2) is 5.13 Å². The van der Waals surface area contributed by atoms with Crippen LogP contribution in [-0.4, -0.2) is 34.4 Å². The fourth-order valence-electron chi connectivity index (χ4n) is 3.61. The third-order valence-corrected chi connectivity index (χ3v) is 6.27. The Balaban J connectivity index is 1.90. The first-order valence-corrected chi connectivity index (χ1v) is 10.9. The van der Waals surface area contributed by atoms with Gasteiger partial charge in [0.2, 0.25) is 0 Å². The van der Waals surface area contributed by atoms with Crippen LogP contribution in [-0.2, 0) is 14.3 Å². The molecule has 0 aliphatic carbocycles. The van der Waals surface area contributed by atoms with Gasteiger partial charge in [0.1, 0.15) is 16.5 Å². The number of benzene rings is 2. The van der Waals surface area contributed by atoms with E-state index in [1.54, 1.807) is 44.2 Å². The van der Waals surface area contributed by atoms with Crippen LogP contribution < -0.4 is 4.90 Å². The van der Waals surface area contributed by atoms with Crippen molar-refractivity contribution in [1.29, 1.82) is 0 Å². The Morgan fingerprint density at radius 1 is 1.15 bits per heavy atom. The Bertz CT molecular complexity index is 1270. The number of nitrogens with zero attached hydrogens (tertiary/aromatic N) is 2. The summed E-state index contributed by atoms with van der Waals surface area (Å²) in [6.07, 6.45) is 0. The molecule has 1 aliphatic heterocycles. The lowest BCUT2D eigenvalue weighted by molar-refractivity contribution is -0.132. The Hall–Kier alpha value is -3.85. The van der Waals surface area contributed by atoms with E-state index in [-0.39, 0.29) is 27.9 Å². The maximum absolute atomic E-state index is 13.6. The van der Waals surface area contributed by atoms with Crippen LogP contribution in [0.3, 0.4) is 0 Å². The van der Waals surface area contributed by atoms with Crippen molar-refractivity contribution in [3.8, 4) is 0 Å². The zero-order valence-electron chi connectivity index (χ0n) is 17.7. The molecule has 7 nitrogen and oxygen atoms in total. The maximum Gasteiger partial charge on any atom is 0.350 e. The number of amides is 1. The highest BCUT2D eigenvalue weighted by molar-refractivity contribution is 7.17. The van der Waals surface area contributed by atoms with Gasteiger partial charge in [0.25, 0.3) is 5.78 Å². The molecule has 3 aromatic rings. The minimum atomic E-state index is -1.06. The second kappa shape index (κ2) is 8.95.